The fourth-order valence-electron chi connectivity index (χ4n) is 3.37. The van der Waals surface area contributed by atoms with Gasteiger partial charge in [-0.15, -0.1) is 5.10 Å². The number of nitrogens with one attached hydrogen (secondary N) is 2. The molecular weight excluding hydrogens is 354 g/mol. The summed E-state index contributed by atoms with van der Waals surface area (Å²) in [6, 6.07) is 19.2. The minimum atomic E-state index is -0.436. The van der Waals surface area contributed by atoms with Gasteiger partial charge in [0.2, 0.25) is 17.7 Å². The Labute approximate surface area is 161 Å². The summed E-state index contributed by atoms with van der Waals surface area (Å²) in [5.41, 5.74) is 10.3. The molecule has 1 unspecified atom stereocenters. The average molecular weight is 371 g/mol. The molecule has 0 fully saturated rings. The fraction of sp³-hybridized carbons (Fsp3) is 0.0952. The van der Waals surface area contributed by atoms with E-state index in [0.29, 0.717) is 17.1 Å². The van der Waals surface area contributed by atoms with Crippen LogP contribution in [0.2, 0.25) is 0 Å². The number of amides is 1. The fourth-order valence-corrected chi connectivity index (χ4v) is 3.37. The van der Waals surface area contributed by atoms with Crippen molar-refractivity contribution in [1.29, 1.82) is 5.26 Å². The summed E-state index contributed by atoms with van der Waals surface area (Å²) < 4.78 is 5.60. The number of nitriles is 1. The number of hydrogen-bond acceptors (Lipinski definition) is 5. The van der Waals surface area contributed by atoms with E-state index in [2.05, 4.69) is 21.6 Å². The van der Waals surface area contributed by atoms with E-state index in [4.69, 9.17) is 10.5 Å². The van der Waals surface area contributed by atoms with Crippen molar-refractivity contribution in [3.8, 4) is 23.2 Å². The standard InChI is InChI=1S/C21H17N5O2/c1-12(27)24-15-9-7-13(8-10-15)17-16(11-22)20(23)28-21-18(17)19(25-26-21)14-5-3-2-4-6-14/h2-10,17H,23H2,1H3,(H,24,27)(H,25,26). The minimum absolute atomic E-state index is 0.0389. The van der Waals surface area contributed by atoms with Crippen LogP contribution < -0.4 is 15.8 Å². The summed E-state index contributed by atoms with van der Waals surface area (Å²) >= 11 is 0. The smallest absolute Gasteiger partial charge is 0.244 e. The van der Waals surface area contributed by atoms with Crippen LogP contribution in [0.1, 0.15) is 24.0 Å². The molecule has 0 bridgehead atoms. The maximum Gasteiger partial charge on any atom is 0.244 e. The van der Waals surface area contributed by atoms with Crippen molar-refractivity contribution in [2.45, 2.75) is 12.8 Å². The third kappa shape index (κ3) is 2.97. The van der Waals surface area contributed by atoms with Gasteiger partial charge in [-0.05, 0) is 23.3 Å². The topological polar surface area (TPSA) is 117 Å². The van der Waals surface area contributed by atoms with E-state index >= 15 is 0 Å². The molecule has 7 nitrogen and oxygen atoms in total. The number of allylic oxidation sites excluding steroid dienone is 1. The minimum Gasteiger partial charge on any atom is -0.420 e. The number of carbonyl (C=O) groups excluding carboxylic acids is 1. The number of rotatable bonds is 3. The van der Waals surface area contributed by atoms with Crippen LogP contribution in [-0.4, -0.2) is 16.1 Å². The Morgan fingerprint density at radius 1 is 1.21 bits per heavy atom. The molecule has 2 heterocycles. The van der Waals surface area contributed by atoms with Crippen LogP contribution in [0.15, 0.2) is 66.1 Å². The zero-order valence-corrected chi connectivity index (χ0v) is 15.1. The normalized spacial score (nSPS) is 15.4. The molecule has 2 aromatic carbocycles. The molecule has 138 valence electrons. The van der Waals surface area contributed by atoms with Gasteiger partial charge in [-0.3, -0.25) is 9.89 Å². The highest BCUT2D eigenvalue weighted by molar-refractivity contribution is 5.88. The number of aromatic nitrogens is 2. The quantitative estimate of drug-likeness (QED) is 0.653. The lowest BCUT2D eigenvalue weighted by molar-refractivity contribution is -0.114. The molecule has 0 aliphatic carbocycles. The number of carbonyl (C=O) groups is 1. The van der Waals surface area contributed by atoms with E-state index in [0.717, 1.165) is 22.4 Å². The molecule has 3 aromatic rings. The first-order valence-corrected chi connectivity index (χ1v) is 8.67. The Bertz CT molecular complexity index is 1110. The van der Waals surface area contributed by atoms with Crippen molar-refractivity contribution in [2.24, 2.45) is 5.73 Å². The number of ether oxygens (including phenoxy) is 1. The van der Waals surface area contributed by atoms with Crippen molar-refractivity contribution in [1.82, 2.24) is 10.2 Å². The Balaban J connectivity index is 1.85. The number of anilines is 1. The number of nitrogens with two attached hydrogens (primary N) is 1. The van der Waals surface area contributed by atoms with Crippen LogP contribution in [-0.2, 0) is 4.79 Å². The lowest BCUT2D eigenvalue weighted by Crippen LogP contribution is -2.21. The number of nitrogens with zero attached hydrogens (tertiary/aromatic N) is 2. The number of aromatic amines is 1. The number of fused-ring (bicyclic) bond motifs is 1. The molecule has 7 heteroatoms. The third-order valence-corrected chi connectivity index (χ3v) is 4.57. The summed E-state index contributed by atoms with van der Waals surface area (Å²) in [4.78, 5) is 11.3. The maximum absolute atomic E-state index is 11.3. The average Bonchev–Trinajstić information content (AvgIpc) is 3.11. The van der Waals surface area contributed by atoms with Crippen LogP contribution in [0.4, 0.5) is 5.69 Å². The van der Waals surface area contributed by atoms with Crippen LogP contribution in [0.25, 0.3) is 11.3 Å². The molecule has 0 spiro atoms. The molecule has 1 aliphatic heterocycles. The van der Waals surface area contributed by atoms with Crippen molar-refractivity contribution < 1.29 is 9.53 Å². The SMILES string of the molecule is CC(=O)Nc1ccc(C2C(C#N)=C(N)Oc3n[nH]c(-c4ccccc4)c32)cc1. The summed E-state index contributed by atoms with van der Waals surface area (Å²) in [6.45, 7) is 1.45. The lowest BCUT2D eigenvalue weighted by atomic mass is 9.83. The summed E-state index contributed by atoms with van der Waals surface area (Å²) in [5, 5.41) is 19.7. The summed E-state index contributed by atoms with van der Waals surface area (Å²) in [5.74, 6) is -0.193. The second kappa shape index (κ2) is 6.93. The predicted molar refractivity (Wildman–Crippen MR) is 104 cm³/mol. The Kier molecular flexibility index (Phi) is 4.30. The monoisotopic (exact) mass is 371 g/mol. The van der Waals surface area contributed by atoms with E-state index in [1.807, 2.05) is 42.5 Å². The van der Waals surface area contributed by atoms with E-state index in [9.17, 15) is 10.1 Å². The molecular formula is C21H17N5O2. The largest absolute Gasteiger partial charge is 0.420 e. The molecule has 1 atom stereocenters. The summed E-state index contributed by atoms with van der Waals surface area (Å²) in [6.07, 6.45) is 0. The van der Waals surface area contributed by atoms with Crippen LogP contribution >= 0.6 is 0 Å². The first kappa shape index (κ1) is 17.4. The molecule has 0 saturated heterocycles. The number of benzene rings is 2. The van der Waals surface area contributed by atoms with Gasteiger partial charge in [0.15, 0.2) is 0 Å². The Morgan fingerprint density at radius 2 is 1.93 bits per heavy atom. The molecule has 0 saturated carbocycles. The van der Waals surface area contributed by atoms with E-state index in [1.165, 1.54) is 6.92 Å². The van der Waals surface area contributed by atoms with E-state index in [1.54, 1.807) is 12.1 Å². The van der Waals surface area contributed by atoms with Gasteiger partial charge in [0.25, 0.3) is 0 Å². The molecule has 0 radical (unpaired) electrons. The first-order valence-electron chi connectivity index (χ1n) is 8.67. The Hall–Kier alpha value is -4.05. The van der Waals surface area contributed by atoms with Crippen LogP contribution in [0.3, 0.4) is 0 Å². The van der Waals surface area contributed by atoms with Crippen molar-refractivity contribution in [3.63, 3.8) is 0 Å². The van der Waals surface area contributed by atoms with Gasteiger partial charge in [-0.2, -0.15) is 5.26 Å². The number of H-pyrrole nitrogens is 1. The lowest BCUT2D eigenvalue weighted by Gasteiger charge is -2.24. The second-order valence-electron chi connectivity index (χ2n) is 6.41. The predicted octanol–water partition coefficient (Wildman–Crippen LogP) is 3.25. The molecule has 4 N–H and O–H groups in total. The van der Waals surface area contributed by atoms with E-state index in [-0.39, 0.29) is 11.8 Å². The van der Waals surface area contributed by atoms with Gasteiger partial charge < -0.3 is 15.8 Å². The van der Waals surface area contributed by atoms with Gasteiger partial charge in [-0.1, -0.05) is 42.5 Å². The highest BCUT2D eigenvalue weighted by Gasteiger charge is 2.35. The Morgan fingerprint density at radius 3 is 2.57 bits per heavy atom. The van der Waals surface area contributed by atoms with Crippen molar-refractivity contribution in [2.75, 3.05) is 5.32 Å². The molecule has 1 aliphatic rings. The van der Waals surface area contributed by atoms with Crippen LogP contribution in [0.5, 0.6) is 5.88 Å². The number of hydrogen-bond donors (Lipinski definition) is 3. The van der Waals surface area contributed by atoms with Gasteiger partial charge >= 0.3 is 0 Å². The van der Waals surface area contributed by atoms with E-state index < -0.39 is 5.92 Å². The third-order valence-electron chi connectivity index (χ3n) is 4.57. The highest BCUT2D eigenvalue weighted by atomic mass is 16.5. The van der Waals surface area contributed by atoms with Gasteiger partial charge in [-0.25, -0.2) is 0 Å². The zero-order valence-electron chi connectivity index (χ0n) is 15.1. The second-order valence-corrected chi connectivity index (χ2v) is 6.41. The van der Waals surface area contributed by atoms with Crippen molar-refractivity contribution in [3.05, 3.63) is 77.2 Å². The van der Waals surface area contributed by atoms with Gasteiger partial charge in [0.1, 0.15) is 11.6 Å². The maximum atomic E-state index is 11.3. The van der Waals surface area contributed by atoms with Crippen molar-refractivity contribution >= 4 is 11.6 Å². The highest BCUT2D eigenvalue weighted by Crippen LogP contribution is 2.45. The molecule has 4 rings (SSSR count). The summed E-state index contributed by atoms with van der Waals surface area (Å²) in [7, 11) is 0. The first-order chi connectivity index (χ1) is 13.6. The van der Waals surface area contributed by atoms with Gasteiger partial charge in [0.05, 0.1) is 17.2 Å². The van der Waals surface area contributed by atoms with Crippen LogP contribution in [0, 0.1) is 11.3 Å². The zero-order chi connectivity index (χ0) is 19.7. The molecule has 1 amide bonds. The molecule has 1 aromatic heterocycles. The molecule has 28 heavy (non-hydrogen) atoms. The van der Waals surface area contributed by atoms with Gasteiger partial charge in [0, 0.05) is 12.6 Å².